The maximum Gasteiger partial charge on any atom is 0.174 e. The van der Waals surface area contributed by atoms with Gasteiger partial charge in [0.2, 0.25) is 0 Å². The topological polar surface area (TPSA) is 38.7 Å². The predicted molar refractivity (Wildman–Crippen MR) is 52.8 cm³/mol. The average molecular weight is 198 g/mol. The van der Waals surface area contributed by atoms with Gasteiger partial charge in [-0.25, -0.2) is 0 Å². The molecule has 0 bridgehead atoms. The first kappa shape index (κ1) is 10.1. The van der Waals surface area contributed by atoms with E-state index in [9.17, 15) is 5.11 Å². The highest BCUT2D eigenvalue weighted by Gasteiger charge is 2.42. The third kappa shape index (κ3) is 1.85. The average Bonchev–Trinajstić information content (AvgIpc) is 2.48. The fourth-order valence-corrected chi connectivity index (χ4v) is 2.35. The van der Waals surface area contributed by atoms with Crippen molar-refractivity contribution in [3.05, 3.63) is 12.2 Å². The second-order valence-corrected chi connectivity index (χ2v) is 4.49. The van der Waals surface area contributed by atoms with Crippen molar-refractivity contribution in [3.8, 4) is 0 Å². The van der Waals surface area contributed by atoms with Crippen LogP contribution >= 0.6 is 0 Å². The summed E-state index contributed by atoms with van der Waals surface area (Å²) >= 11 is 0. The number of rotatable bonds is 0. The Morgan fingerprint density at radius 2 is 2.07 bits per heavy atom. The van der Waals surface area contributed by atoms with Crippen molar-refractivity contribution >= 4 is 0 Å². The molecule has 0 aromatic carbocycles. The zero-order valence-corrected chi connectivity index (χ0v) is 8.66. The third-order valence-electron chi connectivity index (χ3n) is 3.12. The lowest BCUT2D eigenvalue weighted by atomic mass is 9.98. The second kappa shape index (κ2) is 3.65. The molecule has 3 nitrogen and oxygen atoms in total. The van der Waals surface area contributed by atoms with Gasteiger partial charge >= 0.3 is 0 Å². The molecule has 0 radical (unpaired) electrons. The van der Waals surface area contributed by atoms with Gasteiger partial charge in [-0.3, -0.25) is 0 Å². The summed E-state index contributed by atoms with van der Waals surface area (Å²) in [5.41, 5.74) is 1.12. The van der Waals surface area contributed by atoms with Crippen molar-refractivity contribution in [2.75, 3.05) is 13.2 Å². The van der Waals surface area contributed by atoms with E-state index in [1.54, 1.807) is 0 Å². The van der Waals surface area contributed by atoms with E-state index in [0.717, 1.165) is 18.4 Å². The molecule has 1 aliphatic heterocycles. The normalized spacial score (nSPS) is 37.4. The monoisotopic (exact) mass is 198 g/mol. The van der Waals surface area contributed by atoms with Crippen molar-refractivity contribution in [1.29, 1.82) is 0 Å². The Bertz CT molecular complexity index is 231. The molecule has 0 aromatic rings. The molecule has 0 aromatic heterocycles. The number of aliphatic hydroxyl groups excluding tert-OH is 1. The SMILES string of the molecule is C=C1C[C@@H](C)[C@@H](O)CC2(C1)OCCO2. The lowest BCUT2D eigenvalue weighted by Gasteiger charge is -2.27. The van der Waals surface area contributed by atoms with E-state index < -0.39 is 5.79 Å². The molecule has 14 heavy (non-hydrogen) atoms. The van der Waals surface area contributed by atoms with E-state index in [0.29, 0.717) is 19.6 Å². The first-order valence-electron chi connectivity index (χ1n) is 5.24. The molecule has 1 spiro atoms. The fourth-order valence-electron chi connectivity index (χ4n) is 2.35. The maximum absolute atomic E-state index is 9.90. The molecule has 2 aliphatic rings. The number of hydrogen-bond donors (Lipinski definition) is 1. The predicted octanol–water partition coefficient (Wildman–Crippen LogP) is 1.47. The van der Waals surface area contributed by atoms with Crippen LogP contribution in [0.15, 0.2) is 12.2 Å². The van der Waals surface area contributed by atoms with Gasteiger partial charge < -0.3 is 14.6 Å². The Kier molecular flexibility index (Phi) is 2.64. The fraction of sp³-hybridized carbons (Fsp3) is 0.818. The Labute approximate surface area is 84.7 Å². The molecule has 1 N–H and O–H groups in total. The number of hydrogen-bond acceptors (Lipinski definition) is 3. The van der Waals surface area contributed by atoms with E-state index in [-0.39, 0.29) is 12.0 Å². The standard InChI is InChI=1S/C11H18O3/c1-8-5-9(2)10(12)7-11(6-8)13-3-4-14-11/h9-10,12H,1,3-7H2,2H3/t9-,10+/m1/s1. The summed E-state index contributed by atoms with van der Waals surface area (Å²) in [6, 6.07) is 0. The van der Waals surface area contributed by atoms with Crippen LogP contribution in [0.4, 0.5) is 0 Å². The third-order valence-corrected chi connectivity index (χ3v) is 3.12. The van der Waals surface area contributed by atoms with Gasteiger partial charge in [0.1, 0.15) is 0 Å². The zero-order chi connectivity index (χ0) is 10.2. The van der Waals surface area contributed by atoms with E-state index in [1.165, 1.54) is 0 Å². The van der Waals surface area contributed by atoms with Crippen molar-refractivity contribution < 1.29 is 14.6 Å². The van der Waals surface area contributed by atoms with Crippen molar-refractivity contribution in [3.63, 3.8) is 0 Å². The smallest absolute Gasteiger partial charge is 0.174 e. The molecule has 1 saturated carbocycles. The molecule has 80 valence electrons. The molecular weight excluding hydrogens is 180 g/mol. The van der Waals surface area contributed by atoms with Gasteiger partial charge in [0.25, 0.3) is 0 Å². The van der Waals surface area contributed by atoms with Crippen LogP contribution in [0.3, 0.4) is 0 Å². The van der Waals surface area contributed by atoms with E-state index >= 15 is 0 Å². The zero-order valence-electron chi connectivity index (χ0n) is 8.66. The van der Waals surface area contributed by atoms with Crippen LogP contribution in [0.25, 0.3) is 0 Å². The maximum atomic E-state index is 9.90. The molecule has 1 saturated heterocycles. The molecule has 1 aliphatic carbocycles. The summed E-state index contributed by atoms with van der Waals surface area (Å²) in [5.74, 6) is -0.309. The Balaban J connectivity index is 2.15. The molecule has 2 fully saturated rings. The Morgan fingerprint density at radius 3 is 2.71 bits per heavy atom. The second-order valence-electron chi connectivity index (χ2n) is 4.49. The lowest BCUT2D eigenvalue weighted by Crippen LogP contribution is -2.34. The molecule has 1 heterocycles. The lowest BCUT2D eigenvalue weighted by molar-refractivity contribution is -0.174. The summed E-state index contributed by atoms with van der Waals surface area (Å²) in [6.45, 7) is 7.32. The van der Waals surface area contributed by atoms with Crippen LogP contribution in [0.2, 0.25) is 0 Å². The van der Waals surface area contributed by atoms with Gasteiger partial charge in [-0.15, -0.1) is 0 Å². The minimum atomic E-state index is -0.568. The first-order valence-corrected chi connectivity index (χ1v) is 5.24. The van der Waals surface area contributed by atoms with Crippen LogP contribution in [-0.2, 0) is 9.47 Å². The van der Waals surface area contributed by atoms with Crippen LogP contribution in [-0.4, -0.2) is 30.2 Å². The van der Waals surface area contributed by atoms with Crippen molar-refractivity contribution in [2.45, 2.75) is 38.1 Å². The number of ether oxygens (including phenoxy) is 2. The minimum Gasteiger partial charge on any atom is -0.393 e. The van der Waals surface area contributed by atoms with E-state index in [2.05, 4.69) is 6.58 Å². The van der Waals surface area contributed by atoms with Crippen LogP contribution < -0.4 is 0 Å². The summed E-state index contributed by atoms with van der Waals surface area (Å²) in [7, 11) is 0. The van der Waals surface area contributed by atoms with E-state index in [1.807, 2.05) is 6.92 Å². The summed E-state index contributed by atoms with van der Waals surface area (Å²) < 4.78 is 11.2. The van der Waals surface area contributed by atoms with E-state index in [4.69, 9.17) is 9.47 Å². The van der Waals surface area contributed by atoms with Gasteiger partial charge in [0.15, 0.2) is 5.79 Å². The molecule has 2 atom stereocenters. The first-order chi connectivity index (χ1) is 6.61. The molecule has 0 amide bonds. The van der Waals surface area contributed by atoms with Gasteiger partial charge in [0.05, 0.1) is 19.3 Å². The molecule has 0 unspecified atom stereocenters. The van der Waals surface area contributed by atoms with Crippen molar-refractivity contribution in [1.82, 2.24) is 0 Å². The number of aliphatic hydroxyl groups is 1. The minimum absolute atomic E-state index is 0.259. The van der Waals surface area contributed by atoms with Gasteiger partial charge in [0, 0.05) is 12.8 Å². The van der Waals surface area contributed by atoms with Gasteiger partial charge in [-0.2, -0.15) is 0 Å². The largest absolute Gasteiger partial charge is 0.393 e. The quantitative estimate of drug-likeness (QED) is 0.599. The highest BCUT2D eigenvalue weighted by molar-refractivity contribution is 5.05. The van der Waals surface area contributed by atoms with Crippen LogP contribution in [0.1, 0.15) is 26.2 Å². The van der Waals surface area contributed by atoms with Gasteiger partial charge in [-0.05, 0) is 12.3 Å². The van der Waals surface area contributed by atoms with Gasteiger partial charge in [-0.1, -0.05) is 19.1 Å². The van der Waals surface area contributed by atoms with Crippen LogP contribution in [0, 0.1) is 5.92 Å². The van der Waals surface area contributed by atoms with Crippen LogP contribution in [0.5, 0.6) is 0 Å². The summed E-state index contributed by atoms with van der Waals surface area (Å²) in [4.78, 5) is 0. The summed E-state index contributed by atoms with van der Waals surface area (Å²) in [6.07, 6.45) is 1.84. The highest BCUT2D eigenvalue weighted by atomic mass is 16.7. The van der Waals surface area contributed by atoms with Crippen molar-refractivity contribution in [2.24, 2.45) is 5.92 Å². The molecular formula is C11H18O3. The Hall–Kier alpha value is -0.380. The Morgan fingerprint density at radius 1 is 1.43 bits per heavy atom. The molecule has 3 heteroatoms. The highest BCUT2D eigenvalue weighted by Crippen LogP contribution is 2.38. The summed E-state index contributed by atoms with van der Waals surface area (Å²) in [5, 5.41) is 9.90. The molecule has 2 rings (SSSR count).